The number of anilines is 1. The van der Waals surface area contributed by atoms with Gasteiger partial charge in [-0.1, -0.05) is 47.6 Å². The van der Waals surface area contributed by atoms with Gasteiger partial charge in [0.15, 0.2) is 17.1 Å². The molecule has 0 fully saturated rings. The van der Waals surface area contributed by atoms with Crippen molar-refractivity contribution in [3.05, 3.63) is 77.6 Å². The normalized spacial score (nSPS) is 11.7. The summed E-state index contributed by atoms with van der Waals surface area (Å²) >= 11 is 7.41. The number of carbonyl (C=O) groups is 1. The van der Waals surface area contributed by atoms with Crippen LogP contribution in [0.2, 0.25) is 5.02 Å². The van der Waals surface area contributed by atoms with Gasteiger partial charge in [-0.15, -0.1) is 16.8 Å². The van der Waals surface area contributed by atoms with Crippen molar-refractivity contribution in [3.63, 3.8) is 0 Å². The Morgan fingerprint density at radius 2 is 2.07 bits per heavy atom. The average Bonchev–Trinajstić information content (AvgIpc) is 3.13. The fourth-order valence-corrected chi connectivity index (χ4v) is 3.68. The monoisotopic (exact) mass is 442 g/mol. The van der Waals surface area contributed by atoms with Crippen LogP contribution in [0.25, 0.3) is 0 Å². The fourth-order valence-electron chi connectivity index (χ4n) is 2.80. The summed E-state index contributed by atoms with van der Waals surface area (Å²) in [7, 11) is 0. The van der Waals surface area contributed by atoms with Crippen molar-refractivity contribution in [2.75, 3.05) is 11.1 Å². The van der Waals surface area contributed by atoms with Crippen molar-refractivity contribution in [1.82, 2.24) is 14.8 Å². The Hall–Kier alpha value is -2.77. The van der Waals surface area contributed by atoms with Crippen LogP contribution in [0.1, 0.15) is 24.4 Å². The molecule has 6 nitrogen and oxygen atoms in total. The first kappa shape index (κ1) is 21.9. The molecule has 156 valence electrons. The number of aryl methyl sites for hydroxylation is 1. The highest BCUT2D eigenvalue weighted by molar-refractivity contribution is 7.99. The molecule has 0 saturated heterocycles. The van der Waals surface area contributed by atoms with Crippen LogP contribution in [0.4, 0.5) is 5.69 Å². The molecule has 1 atom stereocenters. The van der Waals surface area contributed by atoms with E-state index >= 15 is 0 Å². The van der Waals surface area contributed by atoms with E-state index in [-0.39, 0.29) is 17.8 Å². The molecule has 1 amide bonds. The molecule has 3 aromatic rings. The molecule has 0 aliphatic heterocycles. The van der Waals surface area contributed by atoms with Crippen LogP contribution in [0.15, 0.2) is 66.3 Å². The molecule has 3 rings (SSSR count). The summed E-state index contributed by atoms with van der Waals surface area (Å²) in [5.74, 6) is 1.47. The predicted octanol–water partition coefficient (Wildman–Crippen LogP) is 5.30. The van der Waals surface area contributed by atoms with Crippen LogP contribution in [0, 0.1) is 6.92 Å². The van der Waals surface area contributed by atoms with Crippen LogP contribution in [0.3, 0.4) is 0 Å². The molecule has 1 heterocycles. The zero-order chi connectivity index (χ0) is 21.5. The van der Waals surface area contributed by atoms with Crippen LogP contribution in [-0.4, -0.2) is 26.4 Å². The molecular weight excluding hydrogens is 420 g/mol. The van der Waals surface area contributed by atoms with Crippen LogP contribution in [0.5, 0.6) is 5.75 Å². The first-order chi connectivity index (χ1) is 14.5. The van der Waals surface area contributed by atoms with Crippen molar-refractivity contribution < 1.29 is 9.53 Å². The number of thioether (sulfide) groups is 1. The van der Waals surface area contributed by atoms with Gasteiger partial charge in [0.25, 0.3) is 0 Å². The molecule has 0 aliphatic rings. The SMILES string of the molecule is C=CCn1c(SCC(=O)Nc2ccccc2)nnc1C(C)Oc1ccc(Cl)c(C)c1. The van der Waals surface area contributed by atoms with E-state index in [2.05, 4.69) is 22.1 Å². The van der Waals surface area contributed by atoms with Crippen LogP contribution >= 0.6 is 23.4 Å². The van der Waals surface area contributed by atoms with Gasteiger partial charge in [-0.3, -0.25) is 9.36 Å². The number of carbonyl (C=O) groups excluding carboxylic acids is 1. The molecule has 0 bridgehead atoms. The summed E-state index contributed by atoms with van der Waals surface area (Å²) in [4.78, 5) is 12.3. The molecule has 2 aromatic carbocycles. The number of rotatable bonds is 9. The highest BCUT2D eigenvalue weighted by Crippen LogP contribution is 2.27. The van der Waals surface area contributed by atoms with Crippen molar-refractivity contribution in [3.8, 4) is 5.75 Å². The van der Waals surface area contributed by atoms with Crippen LogP contribution < -0.4 is 10.1 Å². The largest absolute Gasteiger partial charge is 0.483 e. The minimum absolute atomic E-state index is 0.109. The smallest absolute Gasteiger partial charge is 0.234 e. The summed E-state index contributed by atoms with van der Waals surface area (Å²) in [5, 5.41) is 12.7. The number of hydrogen-bond donors (Lipinski definition) is 1. The number of benzene rings is 2. The summed E-state index contributed by atoms with van der Waals surface area (Å²) < 4.78 is 7.94. The quantitative estimate of drug-likeness (QED) is 0.360. The summed E-state index contributed by atoms with van der Waals surface area (Å²) in [5.41, 5.74) is 1.70. The van der Waals surface area contributed by atoms with Gasteiger partial charge in [0, 0.05) is 17.3 Å². The molecule has 0 aliphatic carbocycles. The molecular formula is C22H23ClN4O2S. The topological polar surface area (TPSA) is 69.0 Å². The van der Waals surface area contributed by atoms with Crippen molar-refractivity contribution in [2.24, 2.45) is 0 Å². The number of nitrogens with one attached hydrogen (secondary N) is 1. The molecule has 0 radical (unpaired) electrons. The minimum Gasteiger partial charge on any atom is -0.483 e. The van der Waals surface area contributed by atoms with Gasteiger partial charge in [-0.25, -0.2) is 0 Å². The summed E-state index contributed by atoms with van der Waals surface area (Å²) in [6.07, 6.45) is 1.42. The van der Waals surface area contributed by atoms with Gasteiger partial charge in [-0.2, -0.15) is 0 Å². The summed E-state index contributed by atoms with van der Waals surface area (Å²) in [6.45, 7) is 8.16. The molecule has 1 unspecified atom stereocenters. The average molecular weight is 443 g/mol. The number of ether oxygens (including phenoxy) is 1. The zero-order valence-corrected chi connectivity index (χ0v) is 18.4. The summed E-state index contributed by atoms with van der Waals surface area (Å²) in [6, 6.07) is 14.9. The van der Waals surface area contributed by atoms with Gasteiger partial charge >= 0.3 is 0 Å². The Labute approximate surface area is 185 Å². The van der Waals surface area contributed by atoms with E-state index in [1.807, 2.05) is 60.9 Å². The standard InChI is InChI=1S/C22H23ClN4O2S/c1-4-12-27-21(16(3)29-18-10-11-19(23)15(2)13-18)25-26-22(27)30-14-20(28)24-17-8-6-5-7-9-17/h4-11,13,16H,1,12,14H2,2-3H3,(H,24,28). The van der Waals surface area contributed by atoms with Gasteiger partial charge in [0.1, 0.15) is 5.75 Å². The third-order valence-electron chi connectivity index (χ3n) is 4.25. The maximum absolute atomic E-state index is 12.3. The third-order valence-corrected chi connectivity index (χ3v) is 5.64. The number of halogens is 1. The molecule has 1 N–H and O–H groups in total. The predicted molar refractivity (Wildman–Crippen MR) is 121 cm³/mol. The molecule has 1 aromatic heterocycles. The van der Waals surface area contributed by atoms with Crippen molar-refractivity contribution >= 4 is 35.0 Å². The van der Waals surface area contributed by atoms with Gasteiger partial charge in [0.05, 0.1) is 5.75 Å². The van der Waals surface area contributed by atoms with Gasteiger partial charge in [0.2, 0.25) is 5.91 Å². The number of nitrogens with zero attached hydrogens (tertiary/aromatic N) is 3. The second-order valence-electron chi connectivity index (χ2n) is 6.61. The maximum Gasteiger partial charge on any atom is 0.234 e. The lowest BCUT2D eigenvalue weighted by Crippen LogP contribution is -2.15. The van der Waals surface area contributed by atoms with Gasteiger partial charge in [-0.05, 0) is 49.7 Å². The fraction of sp³-hybridized carbons (Fsp3) is 0.227. The van der Waals surface area contributed by atoms with E-state index in [0.29, 0.717) is 28.3 Å². The maximum atomic E-state index is 12.3. The molecule has 8 heteroatoms. The van der Waals surface area contributed by atoms with Crippen molar-refractivity contribution in [1.29, 1.82) is 0 Å². The number of para-hydroxylation sites is 1. The Morgan fingerprint density at radius 1 is 1.30 bits per heavy atom. The lowest BCUT2D eigenvalue weighted by Gasteiger charge is -2.16. The Bertz CT molecular complexity index is 1020. The molecule has 30 heavy (non-hydrogen) atoms. The first-order valence-electron chi connectivity index (χ1n) is 9.42. The second kappa shape index (κ2) is 10.3. The first-order valence-corrected chi connectivity index (χ1v) is 10.8. The third kappa shape index (κ3) is 5.64. The minimum atomic E-state index is -0.342. The van der Waals surface area contributed by atoms with Crippen LogP contribution in [-0.2, 0) is 11.3 Å². The number of aromatic nitrogens is 3. The Kier molecular flexibility index (Phi) is 7.54. The number of hydrogen-bond acceptors (Lipinski definition) is 5. The second-order valence-corrected chi connectivity index (χ2v) is 7.96. The van der Waals surface area contributed by atoms with E-state index in [4.69, 9.17) is 16.3 Å². The zero-order valence-electron chi connectivity index (χ0n) is 16.8. The number of allylic oxidation sites excluding steroid dienone is 1. The Balaban J connectivity index is 1.68. The highest BCUT2D eigenvalue weighted by atomic mass is 35.5. The van der Waals surface area contributed by atoms with E-state index < -0.39 is 0 Å². The lowest BCUT2D eigenvalue weighted by atomic mass is 10.2. The van der Waals surface area contributed by atoms with E-state index in [1.54, 1.807) is 12.1 Å². The van der Waals surface area contributed by atoms with E-state index in [1.165, 1.54) is 11.8 Å². The van der Waals surface area contributed by atoms with Crippen molar-refractivity contribution in [2.45, 2.75) is 31.7 Å². The number of amides is 1. The van der Waals surface area contributed by atoms with E-state index in [9.17, 15) is 4.79 Å². The Morgan fingerprint density at radius 3 is 2.77 bits per heavy atom. The van der Waals surface area contributed by atoms with E-state index in [0.717, 1.165) is 11.3 Å². The molecule has 0 spiro atoms. The highest BCUT2D eigenvalue weighted by Gasteiger charge is 2.20. The van der Waals surface area contributed by atoms with Gasteiger partial charge < -0.3 is 10.1 Å². The molecule has 0 saturated carbocycles. The lowest BCUT2D eigenvalue weighted by molar-refractivity contribution is -0.113.